The SMILES string of the molecule is CN(C)c1ccc(CNc2ccc(OC(F)F)cc2)cc1. The topological polar surface area (TPSA) is 24.5 Å². The van der Waals surface area contributed by atoms with Gasteiger partial charge in [-0.1, -0.05) is 12.1 Å². The summed E-state index contributed by atoms with van der Waals surface area (Å²) < 4.78 is 28.4. The lowest BCUT2D eigenvalue weighted by Gasteiger charge is -2.13. The van der Waals surface area contributed by atoms with E-state index in [0.717, 1.165) is 16.9 Å². The summed E-state index contributed by atoms with van der Waals surface area (Å²) in [7, 11) is 3.99. The summed E-state index contributed by atoms with van der Waals surface area (Å²) in [5.74, 6) is 0.158. The van der Waals surface area contributed by atoms with Gasteiger partial charge in [0.2, 0.25) is 0 Å². The van der Waals surface area contributed by atoms with Crippen molar-refractivity contribution in [2.75, 3.05) is 24.3 Å². The molecule has 2 rings (SSSR count). The Morgan fingerprint density at radius 2 is 1.62 bits per heavy atom. The molecule has 0 radical (unpaired) electrons. The first kappa shape index (κ1) is 15.1. The van der Waals surface area contributed by atoms with Crippen molar-refractivity contribution < 1.29 is 13.5 Å². The van der Waals surface area contributed by atoms with E-state index < -0.39 is 6.61 Å². The lowest BCUT2D eigenvalue weighted by Crippen LogP contribution is -2.08. The van der Waals surface area contributed by atoms with Crippen LogP contribution in [0.15, 0.2) is 48.5 Å². The molecule has 5 heteroatoms. The normalized spacial score (nSPS) is 10.5. The molecular formula is C16H18F2N2O. The minimum absolute atomic E-state index is 0.158. The molecule has 0 aliphatic heterocycles. The van der Waals surface area contributed by atoms with Crippen LogP contribution in [-0.4, -0.2) is 20.7 Å². The van der Waals surface area contributed by atoms with Crippen molar-refractivity contribution in [1.29, 1.82) is 0 Å². The van der Waals surface area contributed by atoms with E-state index in [4.69, 9.17) is 0 Å². The summed E-state index contributed by atoms with van der Waals surface area (Å²) in [5, 5.41) is 3.23. The van der Waals surface area contributed by atoms with Crippen LogP contribution in [0.4, 0.5) is 20.2 Å². The second kappa shape index (κ2) is 6.92. The number of nitrogens with zero attached hydrogens (tertiary/aromatic N) is 1. The maximum Gasteiger partial charge on any atom is 0.387 e. The average molecular weight is 292 g/mol. The third-order valence-corrected chi connectivity index (χ3v) is 3.03. The number of halogens is 2. The predicted octanol–water partition coefficient (Wildman–Crippen LogP) is 3.97. The number of ether oxygens (including phenoxy) is 1. The molecule has 0 aliphatic rings. The molecule has 2 aromatic rings. The van der Waals surface area contributed by atoms with Crippen LogP contribution in [0, 0.1) is 0 Å². The molecule has 112 valence electrons. The van der Waals surface area contributed by atoms with Crippen molar-refractivity contribution in [3.8, 4) is 5.75 Å². The van der Waals surface area contributed by atoms with Crippen molar-refractivity contribution >= 4 is 11.4 Å². The number of rotatable bonds is 6. The molecule has 0 aliphatic carbocycles. The molecule has 0 atom stereocenters. The number of alkyl halides is 2. The predicted molar refractivity (Wildman–Crippen MR) is 81.2 cm³/mol. The summed E-state index contributed by atoms with van der Waals surface area (Å²) in [6.07, 6.45) is 0. The molecule has 3 nitrogen and oxygen atoms in total. The summed E-state index contributed by atoms with van der Waals surface area (Å²) in [6, 6.07) is 14.7. The largest absolute Gasteiger partial charge is 0.435 e. The van der Waals surface area contributed by atoms with Gasteiger partial charge in [0.05, 0.1) is 0 Å². The van der Waals surface area contributed by atoms with Crippen LogP contribution in [-0.2, 0) is 6.54 Å². The molecule has 21 heavy (non-hydrogen) atoms. The number of anilines is 2. The first-order valence-electron chi connectivity index (χ1n) is 6.59. The Morgan fingerprint density at radius 1 is 1.00 bits per heavy atom. The second-order valence-electron chi connectivity index (χ2n) is 4.82. The summed E-state index contributed by atoms with van der Waals surface area (Å²) >= 11 is 0. The van der Waals surface area contributed by atoms with Gasteiger partial charge in [-0.3, -0.25) is 0 Å². The zero-order valence-electron chi connectivity index (χ0n) is 12.0. The van der Waals surface area contributed by atoms with Crippen LogP contribution >= 0.6 is 0 Å². The Morgan fingerprint density at radius 3 is 2.14 bits per heavy atom. The maximum atomic E-state index is 12.0. The fourth-order valence-corrected chi connectivity index (χ4v) is 1.87. The Bertz CT molecular complexity index is 553. The van der Waals surface area contributed by atoms with Crippen molar-refractivity contribution in [1.82, 2.24) is 0 Å². The highest BCUT2D eigenvalue weighted by atomic mass is 19.3. The van der Waals surface area contributed by atoms with Crippen molar-refractivity contribution in [2.45, 2.75) is 13.2 Å². The van der Waals surface area contributed by atoms with Gasteiger partial charge in [0.15, 0.2) is 0 Å². The van der Waals surface area contributed by atoms with Gasteiger partial charge in [0, 0.05) is 32.0 Å². The molecule has 0 aromatic heterocycles. The first-order valence-corrected chi connectivity index (χ1v) is 6.59. The molecule has 0 saturated carbocycles. The molecule has 0 heterocycles. The summed E-state index contributed by atoms with van der Waals surface area (Å²) in [6.45, 7) is -2.12. The van der Waals surface area contributed by atoms with Crippen LogP contribution < -0.4 is 15.0 Å². The molecule has 0 bridgehead atoms. The zero-order chi connectivity index (χ0) is 15.2. The quantitative estimate of drug-likeness (QED) is 0.872. The fraction of sp³-hybridized carbons (Fsp3) is 0.250. The summed E-state index contributed by atoms with van der Waals surface area (Å²) in [4.78, 5) is 2.04. The van der Waals surface area contributed by atoms with Gasteiger partial charge in [0.25, 0.3) is 0 Å². The Balaban J connectivity index is 1.90. The zero-order valence-corrected chi connectivity index (χ0v) is 12.0. The van der Waals surface area contributed by atoms with Crippen LogP contribution in [0.1, 0.15) is 5.56 Å². The number of nitrogens with one attached hydrogen (secondary N) is 1. The van der Waals surface area contributed by atoms with E-state index in [1.807, 2.05) is 19.0 Å². The van der Waals surface area contributed by atoms with E-state index in [1.54, 1.807) is 12.1 Å². The monoisotopic (exact) mass is 292 g/mol. The Kier molecular flexibility index (Phi) is 4.98. The van der Waals surface area contributed by atoms with E-state index in [1.165, 1.54) is 12.1 Å². The van der Waals surface area contributed by atoms with Crippen molar-refractivity contribution in [2.24, 2.45) is 0 Å². The van der Waals surface area contributed by atoms with Gasteiger partial charge in [-0.05, 0) is 42.0 Å². The van der Waals surface area contributed by atoms with Gasteiger partial charge < -0.3 is 15.0 Å². The molecule has 0 saturated heterocycles. The van der Waals surface area contributed by atoms with Crippen LogP contribution in [0.5, 0.6) is 5.75 Å². The van der Waals surface area contributed by atoms with Crippen LogP contribution in [0.3, 0.4) is 0 Å². The molecular weight excluding hydrogens is 274 g/mol. The highest BCUT2D eigenvalue weighted by molar-refractivity contribution is 5.49. The Labute approximate surface area is 123 Å². The van der Waals surface area contributed by atoms with Crippen molar-refractivity contribution in [3.05, 3.63) is 54.1 Å². The van der Waals surface area contributed by atoms with Crippen LogP contribution in [0.2, 0.25) is 0 Å². The molecule has 0 amide bonds. The lowest BCUT2D eigenvalue weighted by molar-refractivity contribution is -0.0498. The third-order valence-electron chi connectivity index (χ3n) is 3.03. The van der Waals surface area contributed by atoms with Gasteiger partial charge in [0.1, 0.15) is 5.75 Å². The fourth-order valence-electron chi connectivity index (χ4n) is 1.87. The number of hydrogen-bond donors (Lipinski definition) is 1. The molecule has 0 unspecified atom stereocenters. The highest BCUT2D eigenvalue weighted by Gasteiger charge is 2.03. The molecule has 0 spiro atoms. The minimum Gasteiger partial charge on any atom is -0.435 e. The lowest BCUT2D eigenvalue weighted by atomic mass is 10.2. The van der Waals surface area contributed by atoms with E-state index >= 15 is 0 Å². The smallest absolute Gasteiger partial charge is 0.387 e. The van der Waals surface area contributed by atoms with E-state index in [2.05, 4.69) is 34.3 Å². The average Bonchev–Trinajstić information content (AvgIpc) is 2.46. The second-order valence-corrected chi connectivity index (χ2v) is 4.82. The number of hydrogen-bond acceptors (Lipinski definition) is 3. The van der Waals surface area contributed by atoms with E-state index in [-0.39, 0.29) is 5.75 Å². The van der Waals surface area contributed by atoms with Crippen molar-refractivity contribution in [3.63, 3.8) is 0 Å². The van der Waals surface area contributed by atoms with Crippen LogP contribution in [0.25, 0.3) is 0 Å². The van der Waals surface area contributed by atoms with Gasteiger partial charge >= 0.3 is 6.61 Å². The Hall–Kier alpha value is -2.30. The van der Waals surface area contributed by atoms with Gasteiger partial charge in [-0.25, -0.2) is 0 Å². The molecule has 1 N–H and O–H groups in total. The molecule has 0 fully saturated rings. The third kappa shape index (κ3) is 4.63. The van der Waals surface area contributed by atoms with Gasteiger partial charge in [-0.15, -0.1) is 0 Å². The minimum atomic E-state index is -2.79. The standard InChI is InChI=1S/C16H18F2N2O/c1-20(2)14-7-3-12(4-8-14)11-19-13-5-9-15(10-6-13)21-16(17)18/h3-10,16,19H,11H2,1-2H3. The maximum absolute atomic E-state index is 12.0. The van der Waals surface area contributed by atoms with E-state index in [0.29, 0.717) is 6.54 Å². The van der Waals surface area contributed by atoms with Gasteiger partial charge in [-0.2, -0.15) is 8.78 Å². The van der Waals surface area contributed by atoms with E-state index in [9.17, 15) is 8.78 Å². The number of benzene rings is 2. The molecule has 2 aromatic carbocycles. The first-order chi connectivity index (χ1) is 10.0. The highest BCUT2D eigenvalue weighted by Crippen LogP contribution is 2.19. The summed E-state index contributed by atoms with van der Waals surface area (Å²) in [5.41, 5.74) is 3.15.